The largest absolute Gasteiger partial charge is 0.444 e. The van der Waals surface area contributed by atoms with Crippen LogP contribution in [-0.2, 0) is 10.0 Å². The van der Waals surface area contributed by atoms with E-state index in [2.05, 4.69) is 35.7 Å². The molecular weight excluding hydrogens is 593 g/mol. The Kier molecular flexibility index (Phi) is 6.33. The molecule has 182 valence electrons. The summed E-state index contributed by atoms with van der Waals surface area (Å²) in [4.78, 5) is 21.7. The molecule has 1 N–H and O–H groups in total. The maximum absolute atomic E-state index is 13.4. The Bertz CT molecular complexity index is 1780. The van der Waals surface area contributed by atoms with Crippen LogP contribution in [0, 0.1) is 0 Å². The van der Waals surface area contributed by atoms with Crippen LogP contribution in [0.5, 0.6) is 0 Å². The summed E-state index contributed by atoms with van der Waals surface area (Å²) in [6.07, 6.45) is 5.42. The van der Waals surface area contributed by atoms with Crippen LogP contribution in [0.2, 0.25) is 10.0 Å². The van der Waals surface area contributed by atoms with Gasteiger partial charge in [-0.05, 0) is 42.5 Å². The van der Waals surface area contributed by atoms with Crippen molar-refractivity contribution >= 4 is 65.7 Å². The first-order chi connectivity index (χ1) is 17.1. The molecule has 0 atom stereocenters. The number of anilines is 1. The number of rotatable bonds is 5. The number of oxazole rings is 1. The first-order valence-corrected chi connectivity index (χ1v) is 13.6. The summed E-state index contributed by atoms with van der Waals surface area (Å²) >= 11 is 16.5. The average Bonchev–Trinajstić information content (AvgIpc) is 3.34. The minimum Gasteiger partial charge on any atom is -0.444 e. The van der Waals surface area contributed by atoms with Crippen molar-refractivity contribution in [1.82, 2.24) is 19.7 Å². The molecule has 0 radical (unpaired) electrons. The fourth-order valence-electron chi connectivity index (χ4n) is 3.70. The predicted octanol–water partition coefficient (Wildman–Crippen LogP) is 5.54. The molecule has 9 nitrogen and oxygen atoms in total. The van der Waals surface area contributed by atoms with Crippen molar-refractivity contribution in [3.8, 4) is 28.3 Å². The Balaban J connectivity index is 1.77. The van der Waals surface area contributed by atoms with E-state index in [1.807, 2.05) is 18.2 Å². The molecule has 0 aliphatic carbocycles. The molecule has 36 heavy (non-hydrogen) atoms. The minimum atomic E-state index is -3.57. The second-order valence-corrected chi connectivity index (χ2v) is 11.2. The Labute approximate surface area is 222 Å². The fourth-order valence-corrected chi connectivity index (χ4v) is 5.39. The Morgan fingerprint density at radius 2 is 1.81 bits per heavy atom. The van der Waals surface area contributed by atoms with Gasteiger partial charge in [-0.3, -0.25) is 14.5 Å². The number of fused-ring (bicyclic) bond motifs is 1. The highest BCUT2D eigenvalue weighted by Crippen LogP contribution is 2.35. The van der Waals surface area contributed by atoms with Gasteiger partial charge in [-0.1, -0.05) is 39.1 Å². The Morgan fingerprint density at radius 3 is 2.47 bits per heavy atom. The van der Waals surface area contributed by atoms with Crippen LogP contribution >= 0.6 is 39.1 Å². The number of benzene rings is 2. The zero-order chi connectivity index (χ0) is 25.6. The van der Waals surface area contributed by atoms with Crippen molar-refractivity contribution in [3.05, 3.63) is 86.1 Å². The van der Waals surface area contributed by atoms with Crippen molar-refractivity contribution in [2.45, 2.75) is 0 Å². The Hall–Kier alpha value is -3.25. The van der Waals surface area contributed by atoms with Gasteiger partial charge in [0.05, 0.1) is 28.2 Å². The minimum absolute atomic E-state index is 0.0149. The van der Waals surface area contributed by atoms with Gasteiger partial charge in [-0.25, -0.2) is 13.4 Å². The lowest BCUT2D eigenvalue weighted by Gasteiger charge is -2.15. The molecule has 0 spiro atoms. The summed E-state index contributed by atoms with van der Waals surface area (Å²) in [6, 6.07) is 11.7. The van der Waals surface area contributed by atoms with Crippen LogP contribution < -0.4 is 10.3 Å². The molecule has 2 aromatic carbocycles. The lowest BCUT2D eigenvalue weighted by Crippen LogP contribution is -2.24. The molecular formula is C23H14BrCl2N5O4S. The van der Waals surface area contributed by atoms with E-state index in [1.165, 1.54) is 24.7 Å². The zero-order valence-corrected chi connectivity index (χ0v) is 22.2. The van der Waals surface area contributed by atoms with Gasteiger partial charge in [-0.15, -0.1) is 0 Å². The van der Waals surface area contributed by atoms with Gasteiger partial charge in [-0.2, -0.15) is 9.78 Å². The van der Waals surface area contributed by atoms with E-state index in [1.54, 1.807) is 18.3 Å². The van der Waals surface area contributed by atoms with Gasteiger partial charge in [0.2, 0.25) is 10.0 Å². The zero-order valence-electron chi connectivity index (χ0n) is 18.2. The maximum Gasteiger partial charge on any atom is 0.298 e. The summed E-state index contributed by atoms with van der Waals surface area (Å²) in [7, 11) is -3.57. The quantitative estimate of drug-likeness (QED) is 0.279. The highest BCUT2D eigenvalue weighted by molar-refractivity contribution is 9.10. The van der Waals surface area contributed by atoms with E-state index in [4.69, 9.17) is 27.6 Å². The van der Waals surface area contributed by atoms with E-state index in [0.29, 0.717) is 22.4 Å². The topological polar surface area (TPSA) is 120 Å². The van der Waals surface area contributed by atoms with E-state index in [-0.39, 0.29) is 26.9 Å². The molecule has 0 bridgehead atoms. The molecule has 0 amide bonds. The maximum atomic E-state index is 13.4. The lowest BCUT2D eigenvalue weighted by atomic mass is 10.0. The van der Waals surface area contributed by atoms with Gasteiger partial charge in [0.15, 0.2) is 12.2 Å². The normalized spacial score (nSPS) is 11.7. The van der Waals surface area contributed by atoms with Crippen LogP contribution in [0.4, 0.5) is 5.69 Å². The van der Waals surface area contributed by atoms with Crippen molar-refractivity contribution in [3.63, 3.8) is 0 Å². The SMILES string of the molecule is CS(=O)(=O)Nc1cc(Cl)c(-n2nc(-c3cc(Br)cc(-c4cnco4)c3)c3cccnc3c2=O)c(Cl)c1. The number of aromatic nitrogens is 4. The van der Waals surface area contributed by atoms with Crippen molar-refractivity contribution < 1.29 is 12.8 Å². The van der Waals surface area contributed by atoms with Crippen molar-refractivity contribution in [1.29, 1.82) is 0 Å². The number of nitrogens with zero attached hydrogens (tertiary/aromatic N) is 4. The lowest BCUT2D eigenvalue weighted by molar-refractivity contribution is 0.572. The summed E-state index contributed by atoms with van der Waals surface area (Å²) in [5.41, 5.74) is 1.66. The summed E-state index contributed by atoms with van der Waals surface area (Å²) < 4.78 is 32.8. The number of hydrogen-bond donors (Lipinski definition) is 1. The van der Waals surface area contributed by atoms with Gasteiger partial charge >= 0.3 is 0 Å². The second kappa shape index (κ2) is 9.32. The molecule has 0 unspecified atom stereocenters. The van der Waals surface area contributed by atoms with E-state index in [0.717, 1.165) is 21.0 Å². The number of nitrogens with one attached hydrogen (secondary N) is 1. The molecule has 0 aliphatic rings. The van der Waals surface area contributed by atoms with Crippen molar-refractivity contribution in [2.24, 2.45) is 0 Å². The first kappa shape index (κ1) is 24.4. The number of pyridine rings is 1. The van der Waals surface area contributed by atoms with E-state index in [9.17, 15) is 13.2 Å². The average molecular weight is 607 g/mol. The smallest absolute Gasteiger partial charge is 0.298 e. The highest BCUT2D eigenvalue weighted by atomic mass is 79.9. The van der Waals surface area contributed by atoms with Crippen molar-refractivity contribution in [2.75, 3.05) is 11.0 Å². The monoisotopic (exact) mass is 605 g/mol. The number of halogens is 3. The third-order valence-corrected chi connectivity index (χ3v) is 6.72. The van der Waals surface area contributed by atoms with Crippen LogP contribution in [-0.4, -0.2) is 34.4 Å². The molecule has 5 rings (SSSR count). The van der Waals surface area contributed by atoms with Gasteiger partial charge in [0.1, 0.15) is 16.9 Å². The molecule has 3 heterocycles. The van der Waals surface area contributed by atoms with E-state index < -0.39 is 15.6 Å². The van der Waals surface area contributed by atoms with Crippen LogP contribution in [0.25, 0.3) is 39.2 Å². The summed E-state index contributed by atoms with van der Waals surface area (Å²) in [6.45, 7) is 0. The molecule has 5 aromatic rings. The van der Waals surface area contributed by atoms with Crippen LogP contribution in [0.1, 0.15) is 0 Å². The standard InChI is InChI=1S/C23H14BrCl2N5O4S/c1-36(33,34)30-15-8-17(25)22(18(26)9-15)31-23(32)21-16(3-2-4-28-21)20(29-31)13-5-12(6-14(24)7-13)19-10-27-11-35-19/h2-11,30H,1H3. The number of sulfonamides is 1. The Morgan fingerprint density at radius 1 is 1.08 bits per heavy atom. The molecule has 0 saturated carbocycles. The van der Waals surface area contributed by atoms with Gasteiger partial charge in [0, 0.05) is 27.2 Å². The van der Waals surface area contributed by atoms with Crippen LogP contribution in [0.3, 0.4) is 0 Å². The predicted molar refractivity (Wildman–Crippen MR) is 142 cm³/mol. The summed E-state index contributed by atoms with van der Waals surface area (Å²) in [5.74, 6) is 0.549. The third kappa shape index (κ3) is 4.74. The third-order valence-electron chi connectivity index (χ3n) is 5.08. The molecule has 13 heteroatoms. The fraction of sp³-hybridized carbons (Fsp3) is 0.0435. The molecule has 0 aliphatic heterocycles. The van der Waals surface area contributed by atoms with Crippen LogP contribution in [0.15, 0.2) is 74.9 Å². The highest BCUT2D eigenvalue weighted by Gasteiger charge is 2.20. The summed E-state index contributed by atoms with van der Waals surface area (Å²) in [5, 5.41) is 5.17. The van der Waals surface area contributed by atoms with E-state index >= 15 is 0 Å². The molecule has 3 aromatic heterocycles. The molecule has 0 fully saturated rings. The van der Waals surface area contributed by atoms with Gasteiger partial charge in [0.25, 0.3) is 5.56 Å². The second-order valence-electron chi connectivity index (χ2n) is 7.72. The molecule has 0 saturated heterocycles. The number of hydrogen-bond acceptors (Lipinski definition) is 7. The first-order valence-electron chi connectivity index (χ1n) is 10.2. The van der Waals surface area contributed by atoms with Gasteiger partial charge < -0.3 is 4.42 Å².